The van der Waals surface area contributed by atoms with Gasteiger partial charge in [0.2, 0.25) is 0 Å². The first-order chi connectivity index (χ1) is 6.61. The number of thiazole rings is 1. The lowest BCUT2D eigenvalue weighted by molar-refractivity contribution is 0.128. The molecule has 0 spiro atoms. The molecule has 8 nitrogen and oxygen atoms in total. The fourth-order valence-corrected chi connectivity index (χ4v) is 3.82. The van der Waals surface area contributed by atoms with Gasteiger partial charge in [0.05, 0.1) is 5.51 Å². The molecular weight excluding hydrogens is 268 g/mol. The molecule has 0 aromatic carbocycles. The van der Waals surface area contributed by atoms with Crippen LogP contribution in [0.5, 0.6) is 0 Å². The summed E-state index contributed by atoms with van der Waals surface area (Å²) >= 11 is 0.841. The molecule has 1 rings (SSSR count). The Kier molecular flexibility index (Phi) is 3.22. The van der Waals surface area contributed by atoms with Crippen molar-refractivity contribution in [1.29, 1.82) is 0 Å². The van der Waals surface area contributed by atoms with Gasteiger partial charge < -0.3 is 24.7 Å². The minimum absolute atomic E-state index is 0.742. The van der Waals surface area contributed by atoms with Crippen LogP contribution in [0.2, 0.25) is 0 Å². The lowest BCUT2D eigenvalue weighted by Crippen LogP contribution is -2.26. The first-order valence-corrected chi connectivity index (χ1v) is 7.50. The third kappa shape index (κ3) is 2.06. The number of aromatic nitrogens is 1. The standard InChI is InChI=1S/C4H7NO7P2S/c6-4(13(7,8)9,14(10,11)12)3-1-15-2-5-3/h1-2,6H,(H2,7,8,9)(H2,10,11,12). The van der Waals surface area contributed by atoms with Gasteiger partial charge in [-0.15, -0.1) is 11.3 Å². The minimum Gasteiger partial charge on any atom is -0.363 e. The summed E-state index contributed by atoms with van der Waals surface area (Å²) < 4.78 is 21.8. The molecule has 0 saturated heterocycles. The maximum Gasteiger partial charge on any atom is 0.375 e. The molecule has 5 N–H and O–H groups in total. The molecule has 0 bridgehead atoms. The van der Waals surface area contributed by atoms with Crippen LogP contribution < -0.4 is 0 Å². The summed E-state index contributed by atoms with van der Waals surface area (Å²) in [5.74, 6) is 0. The van der Waals surface area contributed by atoms with Crippen LogP contribution >= 0.6 is 26.5 Å². The lowest BCUT2D eigenvalue weighted by Gasteiger charge is -2.27. The molecule has 0 amide bonds. The predicted octanol–water partition coefficient (Wildman–Crippen LogP) is -0.399. The molecule has 0 atom stereocenters. The number of hydrogen-bond donors (Lipinski definition) is 5. The zero-order chi connectivity index (χ0) is 11.9. The molecule has 0 fully saturated rings. The second-order valence-corrected chi connectivity index (χ2v) is 7.14. The molecule has 1 aromatic rings. The zero-order valence-corrected chi connectivity index (χ0v) is 9.56. The molecule has 1 heterocycles. The van der Waals surface area contributed by atoms with E-state index in [0.717, 1.165) is 22.2 Å². The van der Waals surface area contributed by atoms with Gasteiger partial charge in [0, 0.05) is 5.38 Å². The van der Waals surface area contributed by atoms with E-state index in [4.69, 9.17) is 19.6 Å². The van der Waals surface area contributed by atoms with Crippen molar-refractivity contribution in [3.8, 4) is 0 Å². The van der Waals surface area contributed by atoms with E-state index in [1.807, 2.05) is 0 Å². The zero-order valence-electron chi connectivity index (χ0n) is 6.96. The average molecular weight is 275 g/mol. The van der Waals surface area contributed by atoms with Gasteiger partial charge in [0.1, 0.15) is 5.69 Å². The highest BCUT2D eigenvalue weighted by atomic mass is 32.1. The average Bonchev–Trinajstić information content (AvgIpc) is 2.49. The second-order valence-electron chi connectivity index (χ2n) is 2.60. The van der Waals surface area contributed by atoms with Crippen molar-refractivity contribution in [3.05, 3.63) is 16.6 Å². The highest BCUT2D eigenvalue weighted by Gasteiger charge is 2.62. The van der Waals surface area contributed by atoms with E-state index >= 15 is 0 Å². The number of rotatable bonds is 3. The summed E-state index contributed by atoms with van der Waals surface area (Å²) in [6.07, 6.45) is 0. The van der Waals surface area contributed by atoms with Crippen molar-refractivity contribution in [2.75, 3.05) is 0 Å². The number of hydrogen-bond acceptors (Lipinski definition) is 5. The summed E-state index contributed by atoms with van der Waals surface area (Å²) in [6.45, 7) is 0. The van der Waals surface area contributed by atoms with Gasteiger partial charge in [-0.2, -0.15) is 0 Å². The smallest absolute Gasteiger partial charge is 0.363 e. The monoisotopic (exact) mass is 275 g/mol. The van der Waals surface area contributed by atoms with E-state index in [-0.39, 0.29) is 0 Å². The minimum atomic E-state index is -5.46. The Bertz CT molecular complexity index is 410. The summed E-state index contributed by atoms with van der Waals surface area (Å²) in [4.78, 5) is 38.4. The van der Waals surface area contributed by atoms with E-state index in [9.17, 15) is 14.2 Å². The highest BCUT2D eigenvalue weighted by Crippen LogP contribution is 2.72. The number of aliphatic hydroxyl groups is 1. The molecule has 0 aliphatic heterocycles. The van der Waals surface area contributed by atoms with E-state index < -0.39 is 26.0 Å². The molecule has 15 heavy (non-hydrogen) atoms. The van der Waals surface area contributed by atoms with Crippen molar-refractivity contribution >= 4 is 26.5 Å². The molecular formula is C4H7NO7P2S. The maximum atomic E-state index is 10.9. The van der Waals surface area contributed by atoms with Crippen LogP contribution in [0.4, 0.5) is 0 Å². The first kappa shape index (κ1) is 13.0. The molecule has 0 aliphatic carbocycles. The van der Waals surface area contributed by atoms with Crippen molar-refractivity contribution in [3.63, 3.8) is 0 Å². The molecule has 0 radical (unpaired) electrons. The summed E-state index contributed by atoms with van der Waals surface area (Å²) in [5, 5.41) is 6.85. The van der Waals surface area contributed by atoms with Crippen molar-refractivity contribution < 1.29 is 33.8 Å². The Morgan fingerprint density at radius 3 is 1.93 bits per heavy atom. The molecule has 0 aliphatic rings. The largest absolute Gasteiger partial charge is 0.375 e. The molecule has 0 saturated carbocycles. The summed E-state index contributed by atoms with van der Waals surface area (Å²) in [5.41, 5.74) is 0.347. The molecule has 11 heteroatoms. The first-order valence-electron chi connectivity index (χ1n) is 3.33. The lowest BCUT2D eigenvalue weighted by atomic mass is 10.5. The Morgan fingerprint density at radius 2 is 1.67 bits per heavy atom. The van der Waals surface area contributed by atoms with Gasteiger partial charge in [-0.3, -0.25) is 9.13 Å². The van der Waals surface area contributed by atoms with Crippen molar-refractivity contribution in [1.82, 2.24) is 4.98 Å². The van der Waals surface area contributed by atoms with Gasteiger partial charge in [0.25, 0.3) is 0 Å². The number of nitrogens with zero attached hydrogens (tertiary/aromatic N) is 1. The predicted molar refractivity (Wildman–Crippen MR) is 50.1 cm³/mol. The van der Waals surface area contributed by atoms with Crippen LogP contribution in [-0.4, -0.2) is 29.7 Å². The summed E-state index contributed by atoms with van der Waals surface area (Å²) in [7, 11) is -10.9. The summed E-state index contributed by atoms with van der Waals surface area (Å²) in [6, 6.07) is 0. The van der Waals surface area contributed by atoms with Gasteiger partial charge in [-0.25, -0.2) is 4.98 Å². The third-order valence-electron chi connectivity index (χ3n) is 1.59. The van der Waals surface area contributed by atoms with Gasteiger partial charge in [-0.05, 0) is 0 Å². The van der Waals surface area contributed by atoms with Crippen LogP contribution in [0.15, 0.2) is 10.9 Å². The quantitative estimate of drug-likeness (QED) is 0.468. The topological polar surface area (TPSA) is 148 Å². The van der Waals surface area contributed by atoms with Crippen LogP contribution in [0, 0.1) is 0 Å². The van der Waals surface area contributed by atoms with Gasteiger partial charge in [-0.1, -0.05) is 0 Å². The molecule has 1 aromatic heterocycles. The van der Waals surface area contributed by atoms with Gasteiger partial charge in [0.15, 0.2) is 0 Å². The molecule has 0 unspecified atom stereocenters. The van der Waals surface area contributed by atoms with Crippen molar-refractivity contribution in [2.45, 2.75) is 5.08 Å². The van der Waals surface area contributed by atoms with E-state index in [0.29, 0.717) is 0 Å². The van der Waals surface area contributed by atoms with Crippen molar-refractivity contribution in [2.24, 2.45) is 0 Å². The van der Waals surface area contributed by atoms with E-state index in [2.05, 4.69) is 4.98 Å². The van der Waals surface area contributed by atoms with Gasteiger partial charge >= 0.3 is 20.3 Å². The molecule has 86 valence electrons. The highest BCUT2D eigenvalue weighted by molar-refractivity contribution is 7.71. The third-order valence-corrected chi connectivity index (χ3v) is 5.82. The van der Waals surface area contributed by atoms with E-state index in [1.165, 1.54) is 0 Å². The van der Waals surface area contributed by atoms with E-state index in [1.54, 1.807) is 0 Å². The SMILES string of the molecule is O=P(O)(O)C(O)(c1cscn1)P(=O)(O)O. The van der Waals surface area contributed by atoms with Crippen LogP contribution in [0.3, 0.4) is 0 Å². The second kappa shape index (κ2) is 3.73. The Morgan fingerprint density at radius 1 is 1.20 bits per heavy atom. The normalized spacial score (nSPS) is 14.2. The van der Waals surface area contributed by atoms with Crippen LogP contribution in [0.1, 0.15) is 5.69 Å². The fraction of sp³-hybridized carbons (Fsp3) is 0.250. The van der Waals surface area contributed by atoms with Crippen LogP contribution in [0.25, 0.3) is 0 Å². The Balaban J connectivity index is 3.47. The Hall–Kier alpha value is -0.110. The maximum absolute atomic E-state index is 10.9. The van der Waals surface area contributed by atoms with Crippen LogP contribution in [-0.2, 0) is 14.2 Å². The fourth-order valence-electron chi connectivity index (χ4n) is 0.846. The Labute approximate surface area is 87.6 Å².